The monoisotopic (exact) mass is 288 g/mol. The van der Waals surface area contributed by atoms with Gasteiger partial charge in [-0.3, -0.25) is 0 Å². The lowest BCUT2D eigenvalue weighted by Gasteiger charge is -2.12. The first-order valence-corrected chi connectivity index (χ1v) is 7.51. The molecule has 0 atom stereocenters. The zero-order valence-electron chi connectivity index (χ0n) is 13.3. The smallest absolute Gasteiger partial charge is 0.224 e. The van der Waals surface area contributed by atoms with Crippen LogP contribution in [0.5, 0.6) is 0 Å². The number of pyridine rings is 1. The van der Waals surface area contributed by atoms with Crippen LogP contribution in [-0.4, -0.2) is 9.97 Å². The maximum atomic E-state index is 4.64. The summed E-state index contributed by atoms with van der Waals surface area (Å²) in [5, 5.41) is 4.98. The lowest BCUT2D eigenvalue weighted by molar-refractivity contribution is -0.644. The highest BCUT2D eigenvalue weighted by Gasteiger charge is 2.20. The van der Waals surface area contributed by atoms with Crippen molar-refractivity contribution in [3.05, 3.63) is 53.6 Å². The number of aryl methyl sites for hydroxylation is 4. The van der Waals surface area contributed by atoms with Crippen LogP contribution in [0.4, 0.5) is 0 Å². The Morgan fingerprint density at radius 2 is 1.59 bits per heavy atom. The van der Waals surface area contributed by atoms with Crippen molar-refractivity contribution in [2.24, 2.45) is 7.05 Å². The molecule has 0 spiro atoms. The van der Waals surface area contributed by atoms with E-state index in [2.05, 4.69) is 72.8 Å². The molecular weight excluding hydrogens is 270 g/mol. The van der Waals surface area contributed by atoms with Crippen molar-refractivity contribution in [2.45, 2.75) is 20.8 Å². The second-order valence-corrected chi connectivity index (χ2v) is 6.01. The van der Waals surface area contributed by atoms with Crippen LogP contribution in [0, 0.1) is 20.8 Å². The molecule has 0 amide bonds. The van der Waals surface area contributed by atoms with Crippen LogP contribution in [0.25, 0.3) is 32.6 Å². The predicted molar refractivity (Wildman–Crippen MR) is 89.9 cm³/mol. The number of hydrogen-bond acceptors (Lipinski definition) is 2. The molecule has 2 aromatic carbocycles. The van der Waals surface area contributed by atoms with E-state index in [9.17, 15) is 0 Å². The molecule has 0 saturated carbocycles. The van der Waals surface area contributed by atoms with E-state index < -0.39 is 0 Å². The normalized spacial score (nSPS) is 11.6. The average Bonchev–Trinajstić information content (AvgIpc) is 2.50. The molecule has 2 aromatic heterocycles. The third-order valence-electron chi connectivity index (χ3n) is 4.58. The largest absolute Gasteiger partial charge is 0.241 e. The summed E-state index contributed by atoms with van der Waals surface area (Å²) in [4.78, 5) is 9.07. The van der Waals surface area contributed by atoms with E-state index in [0.29, 0.717) is 0 Å². The van der Waals surface area contributed by atoms with Gasteiger partial charge in [-0.1, -0.05) is 12.1 Å². The number of fused-ring (bicyclic) bond motifs is 6. The molecule has 0 unspecified atom stereocenters. The third kappa shape index (κ3) is 1.59. The Kier molecular flexibility index (Phi) is 2.67. The van der Waals surface area contributed by atoms with Gasteiger partial charge in [0, 0.05) is 16.8 Å². The van der Waals surface area contributed by atoms with Gasteiger partial charge in [0.25, 0.3) is 0 Å². The van der Waals surface area contributed by atoms with Gasteiger partial charge in [-0.25, -0.2) is 14.5 Å². The molecule has 0 bridgehead atoms. The first-order valence-electron chi connectivity index (χ1n) is 7.51. The van der Waals surface area contributed by atoms with Crippen LogP contribution < -0.4 is 4.57 Å². The molecule has 3 nitrogen and oxygen atoms in total. The summed E-state index contributed by atoms with van der Waals surface area (Å²) in [7, 11) is 2.09. The van der Waals surface area contributed by atoms with Crippen LogP contribution in [0.15, 0.2) is 36.8 Å². The first-order chi connectivity index (χ1) is 10.6. The van der Waals surface area contributed by atoms with E-state index in [1.54, 1.807) is 6.33 Å². The zero-order chi connectivity index (χ0) is 15.4. The Morgan fingerprint density at radius 1 is 0.864 bits per heavy atom. The van der Waals surface area contributed by atoms with Crippen LogP contribution in [0.3, 0.4) is 0 Å². The van der Waals surface area contributed by atoms with Gasteiger partial charge in [0.05, 0.1) is 22.0 Å². The van der Waals surface area contributed by atoms with E-state index in [0.717, 1.165) is 16.6 Å². The predicted octanol–water partition coefficient (Wildman–Crippen LogP) is 3.69. The second-order valence-electron chi connectivity index (χ2n) is 6.01. The fraction of sp³-hybridized carbons (Fsp3) is 0.211. The maximum Gasteiger partial charge on any atom is 0.224 e. The second kappa shape index (κ2) is 4.47. The van der Waals surface area contributed by atoms with Crippen LogP contribution >= 0.6 is 0 Å². The summed E-state index contributed by atoms with van der Waals surface area (Å²) < 4.78 is 2.18. The van der Waals surface area contributed by atoms with Gasteiger partial charge in [0.2, 0.25) is 5.52 Å². The van der Waals surface area contributed by atoms with E-state index in [-0.39, 0.29) is 0 Å². The molecule has 0 radical (unpaired) electrons. The Hall–Kier alpha value is -2.55. The highest BCUT2D eigenvalue weighted by atomic mass is 14.9. The molecule has 0 N–H and O–H groups in total. The molecule has 0 aliphatic heterocycles. The van der Waals surface area contributed by atoms with E-state index in [1.165, 1.54) is 32.8 Å². The number of hydrogen-bond donors (Lipinski definition) is 0. The maximum absolute atomic E-state index is 4.64. The summed E-state index contributed by atoms with van der Waals surface area (Å²) in [6, 6.07) is 8.69. The van der Waals surface area contributed by atoms with Crippen LogP contribution in [0.2, 0.25) is 0 Å². The van der Waals surface area contributed by atoms with E-state index >= 15 is 0 Å². The van der Waals surface area contributed by atoms with Gasteiger partial charge in [0.15, 0.2) is 6.20 Å². The number of benzene rings is 2. The van der Waals surface area contributed by atoms with Crippen molar-refractivity contribution >= 4 is 32.6 Å². The first kappa shape index (κ1) is 13.1. The third-order valence-corrected chi connectivity index (χ3v) is 4.58. The molecule has 0 aliphatic rings. The molecule has 2 heterocycles. The van der Waals surface area contributed by atoms with Gasteiger partial charge in [0.1, 0.15) is 13.4 Å². The SMILES string of the molecule is Cc1ccc(C)c2c3ncnc(C)c3c3c(ccc[n+]3C)c12. The van der Waals surface area contributed by atoms with Gasteiger partial charge in [-0.15, -0.1) is 0 Å². The highest BCUT2D eigenvalue weighted by Crippen LogP contribution is 2.36. The molecule has 0 aliphatic carbocycles. The highest BCUT2D eigenvalue weighted by molar-refractivity contribution is 6.24. The number of aromatic nitrogens is 3. The summed E-state index contributed by atoms with van der Waals surface area (Å²) in [6.45, 7) is 6.40. The Bertz CT molecular complexity index is 933. The quantitative estimate of drug-likeness (QED) is 0.365. The van der Waals surface area contributed by atoms with Gasteiger partial charge < -0.3 is 0 Å². The standard InChI is InChI=1S/C19H18N3/c1-11-7-8-12(2)16-15(11)14-6-5-9-22(4)19(14)17-13(3)20-10-21-18(16)17/h5-10H,1-4H3/q+1. The summed E-state index contributed by atoms with van der Waals surface area (Å²) >= 11 is 0. The Balaban J connectivity index is 2.53. The molecule has 3 heteroatoms. The molecule has 0 fully saturated rings. The molecule has 4 rings (SSSR count). The van der Waals surface area contributed by atoms with Crippen molar-refractivity contribution in [1.82, 2.24) is 9.97 Å². The molecular formula is C19H18N3+. The van der Waals surface area contributed by atoms with Crippen molar-refractivity contribution < 1.29 is 4.57 Å². The van der Waals surface area contributed by atoms with Crippen molar-refractivity contribution in [2.75, 3.05) is 0 Å². The van der Waals surface area contributed by atoms with Crippen molar-refractivity contribution in [3.8, 4) is 0 Å². The minimum atomic E-state index is 1.03. The Labute approximate surface area is 129 Å². The topological polar surface area (TPSA) is 29.7 Å². The van der Waals surface area contributed by atoms with Crippen LogP contribution in [-0.2, 0) is 7.05 Å². The average molecular weight is 288 g/mol. The molecule has 22 heavy (non-hydrogen) atoms. The summed E-state index contributed by atoms with van der Waals surface area (Å²) in [5.74, 6) is 0. The molecule has 108 valence electrons. The van der Waals surface area contributed by atoms with Crippen LogP contribution in [0.1, 0.15) is 16.8 Å². The summed E-state index contributed by atoms with van der Waals surface area (Å²) in [5.41, 5.74) is 5.83. The fourth-order valence-corrected chi connectivity index (χ4v) is 3.53. The Morgan fingerprint density at radius 3 is 2.36 bits per heavy atom. The lowest BCUT2D eigenvalue weighted by atomic mass is 9.93. The van der Waals surface area contributed by atoms with Crippen molar-refractivity contribution in [3.63, 3.8) is 0 Å². The van der Waals surface area contributed by atoms with Crippen molar-refractivity contribution in [1.29, 1.82) is 0 Å². The van der Waals surface area contributed by atoms with Gasteiger partial charge in [-0.05, 0) is 38.0 Å². The van der Waals surface area contributed by atoms with Gasteiger partial charge in [-0.2, -0.15) is 0 Å². The van der Waals surface area contributed by atoms with E-state index in [4.69, 9.17) is 0 Å². The number of nitrogens with zero attached hydrogens (tertiary/aromatic N) is 3. The zero-order valence-corrected chi connectivity index (χ0v) is 13.3. The van der Waals surface area contributed by atoms with E-state index in [1.807, 2.05) is 0 Å². The lowest BCUT2D eigenvalue weighted by Crippen LogP contribution is -2.28. The summed E-state index contributed by atoms with van der Waals surface area (Å²) in [6.07, 6.45) is 3.76. The number of rotatable bonds is 0. The molecule has 4 aromatic rings. The minimum absolute atomic E-state index is 1.03. The molecule has 0 saturated heterocycles. The fourth-order valence-electron chi connectivity index (χ4n) is 3.53. The minimum Gasteiger partial charge on any atom is -0.241 e. The van der Waals surface area contributed by atoms with Gasteiger partial charge >= 0.3 is 0 Å².